The SMILES string of the molecule is CCCNC(=O)[C@@H](C)N(Cc1cccc(Cl)c1)C(=O)CN(c1cc(C)cc(C)c1)S(C)(=O)=O. The quantitative estimate of drug-likeness (QED) is 0.547. The Morgan fingerprint density at radius 2 is 1.73 bits per heavy atom. The topological polar surface area (TPSA) is 86.8 Å². The van der Waals surface area contributed by atoms with Gasteiger partial charge in [-0.25, -0.2) is 8.42 Å². The molecule has 2 rings (SSSR count). The fraction of sp³-hybridized carbons (Fsp3) is 0.417. The molecule has 0 saturated carbocycles. The highest BCUT2D eigenvalue weighted by atomic mass is 35.5. The van der Waals surface area contributed by atoms with E-state index in [9.17, 15) is 18.0 Å². The lowest BCUT2D eigenvalue weighted by atomic mass is 10.1. The molecule has 7 nitrogen and oxygen atoms in total. The van der Waals surface area contributed by atoms with Crippen LogP contribution in [0.1, 0.15) is 37.0 Å². The number of benzene rings is 2. The Morgan fingerprint density at radius 1 is 1.09 bits per heavy atom. The number of carbonyl (C=O) groups is 2. The van der Waals surface area contributed by atoms with Crippen LogP contribution in [0.5, 0.6) is 0 Å². The predicted octanol–water partition coefficient (Wildman–Crippen LogP) is 3.67. The van der Waals surface area contributed by atoms with Crippen LogP contribution in [0.3, 0.4) is 0 Å². The number of anilines is 1. The van der Waals surface area contributed by atoms with Crippen LogP contribution in [0.4, 0.5) is 5.69 Å². The van der Waals surface area contributed by atoms with Crippen molar-refractivity contribution in [2.75, 3.05) is 23.7 Å². The van der Waals surface area contributed by atoms with E-state index in [-0.39, 0.29) is 12.5 Å². The number of sulfonamides is 1. The van der Waals surface area contributed by atoms with Gasteiger partial charge in [0.2, 0.25) is 21.8 Å². The Kier molecular flexibility index (Phi) is 9.31. The molecule has 1 atom stereocenters. The van der Waals surface area contributed by atoms with E-state index in [1.165, 1.54) is 4.90 Å². The van der Waals surface area contributed by atoms with Gasteiger partial charge in [-0.15, -0.1) is 0 Å². The van der Waals surface area contributed by atoms with Gasteiger partial charge >= 0.3 is 0 Å². The molecule has 2 amide bonds. The van der Waals surface area contributed by atoms with Gasteiger partial charge in [-0.2, -0.15) is 0 Å². The van der Waals surface area contributed by atoms with Gasteiger partial charge < -0.3 is 10.2 Å². The van der Waals surface area contributed by atoms with Crippen molar-refractivity contribution in [1.82, 2.24) is 10.2 Å². The molecular formula is C24H32ClN3O4S. The highest BCUT2D eigenvalue weighted by molar-refractivity contribution is 7.92. The van der Waals surface area contributed by atoms with Crippen LogP contribution in [0.15, 0.2) is 42.5 Å². The molecule has 0 aliphatic heterocycles. The van der Waals surface area contributed by atoms with Crippen LogP contribution < -0.4 is 9.62 Å². The van der Waals surface area contributed by atoms with Gasteiger partial charge in [0, 0.05) is 18.1 Å². The van der Waals surface area contributed by atoms with Gasteiger partial charge in [-0.1, -0.05) is 36.7 Å². The van der Waals surface area contributed by atoms with Gasteiger partial charge in [-0.05, 0) is 68.1 Å². The second kappa shape index (κ2) is 11.5. The molecule has 9 heteroatoms. The van der Waals surface area contributed by atoms with E-state index in [4.69, 9.17) is 11.6 Å². The monoisotopic (exact) mass is 493 g/mol. The standard InChI is InChI=1S/C24H32ClN3O4S/c1-6-10-26-24(30)19(4)27(15-20-8-7-9-21(25)14-20)23(29)16-28(33(5,31)32)22-12-17(2)11-18(3)13-22/h7-9,11-14,19H,6,10,15-16H2,1-5H3,(H,26,30)/t19-/m1/s1. The van der Waals surface area contributed by atoms with Crippen molar-refractivity contribution in [3.63, 3.8) is 0 Å². The minimum atomic E-state index is -3.76. The highest BCUT2D eigenvalue weighted by Gasteiger charge is 2.30. The third-order valence-electron chi connectivity index (χ3n) is 5.13. The lowest BCUT2D eigenvalue weighted by Crippen LogP contribution is -2.51. The van der Waals surface area contributed by atoms with E-state index < -0.39 is 28.5 Å². The summed E-state index contributed by atoms with van der Waals surface area (Å²) < 4.78 is 26.3. The molecule has 0 saturated heterocycles. The number of rotatable bonds is 10. The van der Waals surface area contributed by atoms with Crippen molar-refractivity contribution in [3.05, 3.63) is 64.2 Å². The van der Waals surface area contributed by atoms with Crippen molar-refractivity contribution in [2.45, 2.75) is 46.7 Å². The van der Waals surface area contributed by atoms with Gasteiger partial charge in [0.15, 0.2) is 0 Å². The first-order valence-electron chi connectivity index (χ1n) is 10.8. The zero-order valence-electron chi connectivity index (χ0n) is 19.8. The summed E-state index contributed by atoms with van der Waals surface area (Å²) in [4.78, 5) is 27.5. The van der Waals surface area contributed by atoms with E-state index in [0.29, 0.717) is 17.3 Å². The molecule has 1 N–H and O–H groups in total. The van der Waals surface area contributed by atoms with Crippen molar-refractivity contribution in [3.8, 4) is 0 Å². The fourth-order valence-corrected chi connectivity index (χ4v) is 4.57. The third-order valence-corrected chi connectivity index (χ3v) is 6.51. The molecule has 0 radical (unpaired) electrons. The zero-order chi connectivity index (χ0) is 24.8. The Balaban J connectivity index is 2.40. The lowest BCUT2D eigenvalue weighted by molar-refractivity contribution is -0.139. The summed E-state index contributed by atoms with van der Waals surface area (Å²) in [6.07, 6.45) is 1.83. The molecular weight excluding hydrogens is 462 g/mol. The molecule has 0 spiro atoms. The summed E-state index contributed by atoms with van der Waals surface area (Å²) in [5, 5.41) is 3.31. The number of hydrogen-bond acceptors (Lipinski definition) is 4. The molecule has 2 aromatic rings. The number of nitrogens with one attached hydrogen (secondary N) is 1. The van der Waals surface area contributed by atoms with Crippen LogP contribution in [0, 0.1) is 13.8 Å². The van der Waals surface area contributed by atoms with Crippen molar-refractivity contribution < 1.29 is 18.0 Å². The number of hydrogen-bond donors (Lipinski definition) is 1. The Hall–Kier alpha value is -2.58. The first-order valence-corrected chi connectivity index (χ1v) is 13.0. The number of carbonyl (C=O) groups excluding carboxylic acids is 2. The summed E-state index contributed by atoms with van der Waals surface area (Å²) in [5.41, 5.74) is 2.92. The summed E-state index contributed by atoms with van der Waals surface area (Å²) >= 11 is 6.10. The van der Waals surface area contributed by atoms with Crippen LogP contribution in [-0.4, -0.2) is 50.5 Å². The number of nitrogens with zero attached hydrogens (tertiary/aromatic N) is 2. The Bertz CT molecular complexity index is 1080. The molecule has 180 valence electrons. The van der Waals surface area contributed by atoms with E-state index in [1.54, 1.807) is 43.3 Å². The normalized spacial score (nSPS) is 12.2. The Morgan fingerprint density at radius 3 is 2.27 bits per heavy atom. The number of aryl methyl sites for hydroxylation is 2. The molecule has 0 aliphatic carbocycles. The molecule has 0 heterocycles. The highest BCUT2D eigenvalue weighted by Crippen LogP contribution is 2.22. The average Bonchev–Trinajstić information content (AvgIpc) is 2.71. The van der Waals surface area contributed by atoms with Crippen LogP contribution in [-0.2, 0) is 26.2 Å². The smallest absolute Gasteiger partial charge is 0.244 e. The molecule has 2 aromatic carbocycles. The number of amides is 2. The fourth-order valence-electron chi connectivity index (χ4n) is 3.52. The maximum absolute atomic E-state index is 13.5. The average molecular weight is 494 g/mol. The minimum absolute atomic E-state index is 0.116. The second-order valence-corrected chi connectivity index (χ2v) is 10.6. The zero-order valence-corrected chi connectivity index (χ0v) is 21.3. The molecule has 0 fully saturated rings. The van der Waals surface area contributed by atoms with Gasteiger partial charge in [0.05, 0.1) is 11.9 Å². The van der Waals surface area contributed by atoms with E-state index >= 15 is 0 Å². The third kappa shape index (κ3) is 7.75. The number of halogens is 1. The lowest BCUT2D eigenvalue weighted by Gasteiger charge is -2.31. The van der Waals surface area contributed by atoms with E-state index in [1.807, 2.05) is 26.8 Å². The second-order valence-electron chi connectivity index (χ2n) is 8.23. The summed E-state index contributed by atoms with van der Waals surface area (Å²) in [6, 6.07) is 11.6. The summed E-state index contributed by atoms with van der Waals surface area (Å²) in [6.45, 7) is 7.48. The first kappa shape index (κ1) is 26.7. The maximum atomic E-state index is 13.5. The largest absolute Gasteiger partial charge is 0.354 e. The maximum Gasteiger partial charge on any atom is 0.244 e. The molecule has 33 heavy (non-hydrogen) atoms. The van der Waals surface area contributed by atoms with E-state index in [2.05, 4.69) is 5.32 Å². The van der Waals surface area contributed by atoms with Gasteiger partial charge in [-0.3, -0.25) is 13.9 Å². The van der Waals surface area contributed by atoms with Gasteiger partial charge in [0.1, 0.15) is 12.6 Å². The van der Waals surface area contributed by atoms with Crippen LogP contribution >= 0.6 is 11.6 Å². The van der Waals surface area contributed by atoms with Crippen molar-refractivity contribution in [1.29, 1.82) is 0 Å². The van der Waals surface area contributed by atoms with Gasteiger partial charge in [0.25, 0.3) is 0 Å². The van der Waals surface area contributed by atoms with Crippen LogP contribution in [0.2, 0.25) is 5.02 Å². The summed E-state index contributed by atoms with van der Waals surface area (Å²) in [5.74, 6) is -0.789. The Labute approximate surface area is 201 Å². The van der Waals surface area contributed by atoms with Crippen LogP contribution in [0.25, 0.3) is 0 Å². The molecule has 0 unspecified atom stereocenters. The van der Waals surface area contributed by atoms with Crippen molar-refractivity contribution in [2.24, 2.45) is 0 Å². The van der Waals surface area contributed by atoms with E-state index in [0.717, 1.165) is 33.7 Å². The first-order chi connectivity index (χ1) is 15.4. The molecule has 0 aliphatic rings. The predicted molar refractivity (Wildman–Crippen MR) is 133 cm³/mol. The molecule has 0 bridgehead atoms. The molecule has 0 aromatic heterocycles. The minimum Gasteiger partial charge on any atom is -0.354 e. The summed E-state index contributed by atoms with van der Waals surface area (Å²) in [7, 11) is -3.76. The van der Waals surface area contributed by atoms with Crippen molar-refractivity contribution >= 4 is 39.1 Å².